The van der Waals surface area contributed by atoms with E-state index in [1.807, 2.05) is 10.4 Å². The van der Waals surface area contributed by atoms with Crippen LogP contribution in [0.1, 0.15) is 43.4 Å². The highest BCUT2D eigenvalue weighted by atomic mass is 35.5. The highest BCUT2D eigenvalue weighted by Gasteiger charge is 2.45. The van der Waals surface area contributed by atoms with Gasteiger partial charge in [0.05, 0.1) is 12.9 Å². The van der Waals surface area contributed by atoms with E-state index in [0.29, 0.717) is 18.5 Å². The Hall–Kier alpha value is -0.820. The van der Waals surface area contributed by atoms with Crippen molar-refractivity contribution in [2.75, 3.05) is 32.5 Å². The first-order valence-corrected chi connectivity index (χ1v) is 11.0. The number of hydrogen-bond donors (Lipinski definition) is 0. The summed E-state index contributed by atoms with van der Waals surface area (Å²) < 4.78 is 32.4. The zero-order valence-electron chi connectivity index (χ0n) is 15.6. The lowest BCUT2D eigenvalue weighted by atomic mass is 9.77. The zero-order chi connectivity index (χ0) is 17.6. The largest absolute Gasteiger partial charge is 0.497 e. The average molecular weight is 401 g/mol. The van der Waals surface area contributed by atoms with Gasteiger partial charge in [-0.1, -0.05) is 6.07 Å². The quantitative estimate of drug-likeness (QED) is 0.782. The van der Waals surface area contributed by atoms with Gasteiger partial charge in [0, 0.05) is 31.7 Å². The molecule has 2 fully saturated rings. The topological polar surface area (TPSA) is 49.9 Å². The van der Waals surface area contributed by atoms with Crippen molar-refractivity contribution in [3.8, 4) is 5.75 Å². The smallest absolute Gasteiger partial charge is 0.214 e. The predicted octanol–water partition coefficient (Wildman–Crippen LogP) is 2.85. The Labute approximate surface area is 163 Å². The minimum atomic E-state index is -3.12. The summed E-state index contributed by atoms with van der Waals surface area (Å²) in [5.41, 5.74) is 2.73. The number of nitrogens with zero attached hydrogens (tertiary/aromatic N) is 2. The van der Waals surface area contributed by atoms with Crippen molar-refractivity contribution in [1.82, 2.24) is 9.21 Å². The number of methoxy groups -OCH3 is 1. The van der Waals surface area contributed by atoms with Gasteiger partial charge >= 0.3 is 0 Å². The molecule has 0 amide bonds. The Balaban J connectivity index is 0.00000196. The van der Waals surface area contributed by atoms with Crippen LogP contribution in [-0.2, 0) is 16.4 Å². The summed E-state index contributed by atoms with van der Waals surface area (Å²) in [5, 5.41) is 0. The Morgan fingerprint density at radius 3 is 2.81 bits per heavy atom. The third-order valence-corrected chi connectivity index (χ3v) is 8.24. The second-order valence-corrected chi connectivity index (χ2v) is 9.75. The van der Waals surface area contributed by atoms with Crippen LogP contribution in [0.15, 0.2) is 18.2 Å². The first-order valence-electron chi connectivity index (χ1n) is 9.44. The van der Waals surface area contributed by atoms with Crippen LogP contribution in [0.3, 0.4) is 0 Å². The van der Waals surface area contributed by atoms with Crippen LogP contribution in [0, 0.1) is 5.92 Å². The summed E-state index contributed by atoms with van der Waals surface area (Å²) in [6.07, 6.45) is 4.12. The molecule has 0 bridgehead atoms. The first-order chi connectivity index (χ1) is 12.0. The second-order valence-electron chi connectivity index (χ2n) is 7.54. The van der Waals surface area contributed by atoms with Crippen LogP contribution < -0.4 is 4.74 Å². The SMILES string of the molecule is CCS(=O)(=O)N1CCC[C@@H]2CN3CCc4cc(OC)ccc4[C@H]3C[C@@H]21.Cl. The fourth-order valence-corrected chi connectivity index (χ4v) is 6.44. The van der Waals surface area contributed by atoms with Gasteiger partial charge in [0.2, 0.25) is 10.0 Å². The summed E-state index contributed by atoms with van der Waals surface area (Å²) in [6.45, 7) is 4.54. The molecule has 2 saturated heterocycles. The van der Waals surface area contributed by atoms with Gasteiger partial charge in [-0.05, 0) is 61.8 Å². The van der Waals surface area contributed by atoms with Crippen LogP contribution in [0.2, 0.25) is 0 Å². The molecule has 3 aliphatic rings. The van der Waals surface area contributed by atoms with Crippen LogP contribution in [0.5, 0.6) is 5.75 Å². The number of ether oxygens (including phenoxy) is 1. The summed E-state index contributed by atoms with van der Waals surface area (Å²) in [6, 6.07) is 6.87. The number of fused-ring (bicyclic) bond motifs is 4. The lowest BCUT2D eigenvalue weighted by Crippen LogP contribution is -2.57. The predicted molar refractivity (Wildman–Crippen MR) is 106 cm³/mol. The van der Waals surface area contributed by atoms with Gasteiger partial charge in [-0.2, -0.15) is 4.31 Å². The fourth-order valence-electron chi connectivity index (χ4n) is 5.03. The summed E-state index contributed by atoms with van der Waals surface area (Å²) in [5.74, 6) is 1.60. The molecule has 0 unspecified atom stereocenters. The van der Waals surface area contributed by atoms with Gasteiger partial charge in [-0.15, -0.1) is 12.4 Å². The molecule has 1 aromatic carbocycles. The van der Waals surface area contributed by atoms with Crippen LogP contribution in [0.4, 0.5) is 0 Å². The Bertz CT molecular complexity index is 755. The maximum absolute atomic E-state index is 12.6. The fraction of sp³-hybridized carbons (Fsp3) is 0.684. The molecule has 4 rings (SSSR count). The lowest BCUT2D eigenvalue weighted by molar-refractivity contribution is 0.0220. The minimum Gasteiger partial charge on any atom is -0.497 e. The number of benzene rings is 1. The molecule has 26 heavy (non-hydrogen) atoms. The Morgan fingerprint density at radius 2 is 2.08 bits per heavy atom. The van der Waals surface area contributed by atoms with Gasteiger partial charge in [-0.3, -0.25) is 4.90 Å². The molecular formula is C19H29ClN2O3S. The molecule has 3 atom stereocenters. The van der Waals surface area contributed by atoms with Crippen molar-refractivity contribution < 1.29 is 13.2 Å². The number of hydrogen-bond acceptors (Lipinski definition) is 4. The Morgan fingerprint density at radius 1 is 1.27 bits per heavy atom. The number of piperidine rings is 2. The van der Waals surface area contributed by atoms with Crippen LogP contribution >= 0.6 is 12.4 Å². The van der Waals surface area contributed by atoms with Crippen molar-refractivity contribution in [2.24, 2.45) is 5.92 Å². The first kappa shape index (κ1) is 19.9. The van der Waals surface area contributed by atoms with E-state index in [0.717, 1.165) is 44.5 Å². The van der Waals surface area contributed by atoms with Crippen LogP contribution in [0.25, 0.3) is 0 Å². The number of sulfonamides is 1. The molecule has 5 nitrogen and oxygen atoms in total. The van der Waals surface area contributed by atoms with Crippen LogP contribution in [-0.4, -0.2) is 56.2 Å². The van der Waals surface area contributed by atoms with Crippen molar-refractivity contribution >= 4 is 22.4 Å². The van der Waals surface area contributed by atoms with Gasteiger partial charge in [0.25, 0.3) is 0 Å². The molecule has 0 N–H and O–H groups in total. The van der Waals surface area contributed by atoms with Gasteiger partial charge in [0.15, 0.2) is 0 Å². The minimum absolute atomic E-state index is 0. The van der Waals surface area contributed by atoms with Gasteiger partial charge in [0.1, 0.15) is 5.75 Å². The summed E-state index contributed by atoms with van der Waals surface area (Å²) in [7, 11) is -1.42. The molecule has 0 radical (unpaired) electrons. The van der Waals surface area contributed by atoms with E-state index < -0.39 is 10.0 Å². The highest BCUT2D eigenvalue weighted by molar-refractivity contribution is 7.89. The maximum atomic E-state index is 12.6. The maximum Gasteiger partial charge on any atom is 0.214 e. The van der Waals surface area contributed by atoms with E-state index >= 15 is 0 Å². The molecule has 7 heteroatoms. The standard InChI is InChI=1S/C19H28N2O3S.ClH/c1-3-25(22,23)21-9-4-5-15-13-20-10-8-14-11-16(24-2)6-7-17(14)19(20)12-18(15)21;/h6-7,11,15,18-19H,3-5,8-10,12-13H2,1-2H3;1H/t15-,18+,19-;/m1./s1. The molecule has 1 aromatic rings. The number of rotatable bonds is 3. The van der Waals surface area contributed by atoms with E-state index in [-0.39, 0.29) is 24.2 Å². The van der Waals surface area contributed by atoms with Crippen molar-refractivity contribution in [1.29, 1.82) is 0 Å². The summed E-state index contributed by atoms with van der Waals surface area (Å²) >= 11 is 0. The van der Waals surface area contributed by atoms with E-state index in [1.165, 1.54) is 11.1 Å². The van der Waals surface area contributed by atoms with E-state index in [4.69, 9.17) is 4.74 Å². The van der Waals surface area contributed by atoms with Crippen molar-refractivity contribution in [3.05, 3.63) is 29.3 Å². The highest BCUT2D eigenvalue weighted by Crippen LogP contribution is 2.44. The average Bonchev–Trinajstić information content (AvgIpc) is 2.65. The molecule has 0 spiro atoms. The normalized spacial score (nSPS) is 29.1. The zero-order valence-corrected chi connectivity index (χ0v) is 17.2. The van der Waals surface area contributed by atoms with E-state index in [2.05, 4.69) is 17.0 Å². The van der Waals surface area contributed by atoms with E-state index in [1.54, 1.807) is 14.0 Å². The molecule has 0 aromatic heterocycles. The van der Waals surface area contributed by atoms with Crippen molar-refractivity contribution in [3.63, 3.8) is 0 Å². The van der Waals surface area contributed by atoms with Crippen molar-refractivity contribution in [2.45, 2.75) is 44.7 Å². The summed E-state index contributed by atoms with van der Waals surface area (Å²) in [4.78, 5) is 2.58. The molecule has 0 saturated carbocycles. The molecular weight excluding hydrogens is 372 g/mol. The Kier molecular flexibility index (Phi) is 5.87. The lowest BCUT2D eigenvalue weighted by Gasteiger charge is -2.51. The molecule has 146 valence electrons. The van der Waals surface area contributed by atoms with Gasteiger partial charge in [-0.25, -0.2) is 8.42 Å². The number of halogens is 1. The molecule has 3 aliphatic heterocycles. The van der Waals surface area contributed by atoms with E-state index in [9.17, 15) is 8.42 Å². The third-order valence-electron chi connectivity index (χ3n) is 6.34. The monoisotopic (exact) mass is 400 g/mol. The van der Waals surface area contributed by atoms with Gasteiger partial charge < -0.3 is 4.74 Å². The molecule has 3 heterocycles. The third kappa shape index (κ3) is 3.37. The second kappa shape index (κ2) is 7.66. The molecule has 0 aliphatic carbocycles.